The van der Waals surface area contributed by atoms with Crippen LogP contribution < -0.4 is 0 Å². The molecule has 1 N–H and O–H groups in total. The summed E-state index contributed by atoms with van der Waals surface area (Å²) in [5, 5.41) is 6.14. The van der Waals surface area contributed by atoms with Gasteiger partial charge in [0.2, 0.25) is 0 Å². The molecule has 0 saturated heterocycles. The minimum absolute atomic E-state index is 1.14. The van der Waals surface area contributed by atoms with Gasteiger partial charge in [-0.05, 0) is 6.92 Å². The quantitative estimate of drug-likeness (QED) is 0.377. The zero-order valence-corrected chi connectivity index (χ0v) is 4.98. The van der Waals surface area contributed by atoms with E-state index in [0.29, 0.717) is 0 Å². The Balaban J connectivity index is 0. The molecule has 0 radical (unpaired) electrons. The van der Waals surface area contributed by atoms with Crippen molar-refractivity contribution in [1.82, 2.24) is 0 Å². The van der Waals surface area contributed by atoms with Crippen LogP contribution in [0.3, 0.4) is 0 Å². The van der Waals surface area contributed by atoms with Crippen molar-refractivity contribution in [2.24, 2.45) is 0 Å². The lowest BCUT2D eigenvalue weighted by atomic mass is 10.8. The summed E-state index contributed by atoms with van der Waals surface area (Å²) in [6, 6.07) is 0. The Hall–Kier alpha value is -0.440. The number of hydrogen-bond donors (Lipinski definition) is 2. The summed E-state index contributed by atoms with van der Waals surface area (Å²) in [5.74, 6) is 0. The Kier molecular flexibility index (Phi) is 12.7. The van der Waals surface area contributed by atoms with Gasteiger partial charge in [-0.25, -0.2) is 4.79 Å². The van der Waals surface area contributed by atoms with Crippen LogP contribution in [0.4, 0.5) is 4.79 Å². The molecular formula is C4H8O2S. The van der Waals surface area contributed by atoms with Crippen LogP contribution in [-0.4, -0.2) is 10.4 Å². The molecule has 0 aromatic rings. The number of allylic oxidation sites excluding steroid dienone is 1. The predicted octanol–water partition coefficient (Wildman–Crippen LogP) is 1.79. The minimum Gasteiger partial charge on any atom is -0.473 e. The highest BCUT2D eigenvalue weighted by Gasteiger charge is 1.67. The van der Waals surface area contributed by atoms with Gasteiger partial charge in [-0.2, -0.15) is 0 Å². The smallest absolute Gasteiger partial charge is 0.361 e. The van der Waals surface area contributed by atoms with Gasteiger partial charge in [-0.3, -0.25) is 0 Å². The van der Waals surface area contributed by atoms with E-state index in [9.17, 15) is 0 Å². The van der Waals surface area contributed by atoms with Crippen molar-refractivity contribution >= 4 is 17.9 Å². The fourth-order valence-corrected chi connectivity index (χ4v) is 0. The molecule has 0 aromatic heterocycles. The molecule has 0 aliphatic heterocycles. The van der Waals surface area contributed by atoms with Crippen LogP contribution in [-0.2, 0) is 0 Å². The highest BCUT2D eigenvalue weighted by molar-refractivity contribution is 7.96. The largest absolute Gasteiger partial charge is 0.473 e. The van der Waals surface area contributed by atoms with E-state index in [2.05, 4.69) is 19.2 Å². The second-order valence-electron chi connectivity index (χ2n) is 0.691. The molecule has 0 rings (SSSR count). The number of carboxylic acid groups (broad SMARTS) is 1. The fourth-order valence-electron chi connectivity index (χ4n) is 0. The van der Waals surface area contributed by atoms with Gasteiger partial charge >= 0.3 is 5.30 Å². The molecule has 0 aliphatic carbocycles. The molecule has 0 saturated carbocycles. The van der Waals surface area contributed by atoms with Crippen molar-refractivity contribution in [2.45, 2.75) is 6.92 Å². The van der Waals surface area contributed by atoms with Gasteiger partial charge in [-0.15, -0.1) is 6.58 Å². The third-order valence-corrected chi connectivity index (χ3v) is 0. The van der Waals surface area contributed by atoms with E-state index in [4.69, 9.17) is 9.90 Å². The molecule has 7 heavy (non-hydrogen) atoms. The van der Waals surface area contributed by atoms with Gasteiger partial charge < -0.3 is 5.11 Å². The van der Waals surface area contributed by atoms with E-state index in [0.717, 1.165) is 0 Å². The summed E-state index contributed by atoms with van der Waals surface area (Å²) in [4.78, 5) is 8.86. The van der Waals surface area contributed by atoms with Gasteiger partial charge in [0.15, 0.2) is 0 Å². The third kappa shape index (κ3) is 364. The highest BCUT2D eigenvalue weighted by atomic mass is 32.1. The van der Waals surface area contributed by atoms with E-state index in [1.165, 1.54) is 0 Å². The van der Waals surface area contributed by atoms with Gasteiger partial charge in [0.05, 0.1) is 0 Å². The van der Waals surface area contributed by atoms with Crippen LogP contribution in [0, 0.1) is 0 Å². The van der Waals surface area contributed by atoms with Crippen molar-refractivity contribution in [3.05, 3.63) is 12.7 Å². The Morgan fingerprint density at radius 2 is 2.00 bits per heavy atom. The molecule has 0 fully saturated rings. The van der Waals surface area contributed by atoms with Crippen LogP contribution in [0.25, 0.3) is 0 Å². The molecular weight excluding hydrogens is 112 g/mol. The van der Waals surface area contributed by atoms with Crippen molar-refractivity contribution in [3.8, 4) is 0 Å². The molecule has 0 heterocycles. The molecule has 3 heteroatoms. The van der Waals surface area contributed by atoms with Gasteiger partial charge in [0.1, 0.15) is 0 Å². The average Bonchev–Trinajstić information content (AvgIpc) is 1.33. The molecule has 0 aromatic carbocycles. The zero-order valence-electron chi connectivity index (χ0n) is 4.09. The van der Waals surface area contributed by atoms with E-state index < -0.39 is 5.30 Å². The molecule has 42 valence electrons. The third-order valence-electron chi connectivity index (χ3n) is 0. The van der Waals surface area contributed by atoms with E-state index >= 15 is 0 Å². The second-order valence-corrected chi connectivity index (χ2v) is 1.07. The summed E-state index contributed by atoms with van der Waals surface area (Å²) in [6.07, 6.45) is 1.75. The van der Waals surface area contributed by atoms with Crippen LogP contribution in [0.2, 0.25) is 0 Å². The lowest BCUT2D eigenvalue weighted by Crippen LogP contribution is -1.67. The maximum Gasteiger partial charge on any atom is 0.361 e. The zero-order chi connectivity index (χ0) is 6.28. The Bertz CT molecular complexity index is 56.7. The Morgan fingerprint density at radius 1 is 2.00 bits per heavy atom. The van der Waals surface area contributed by atoms with Crippen LogP contribution in [0.1, 0.15) is 6.92 Å². The second kappa shape index (κ2) is 9.12. The van der Waals surface area contributed by atoms with Crippen molar-refractivity contribution in [3.63, 3.8) is 0 Å². The summed E-state index contributed by atoms with van der Waals surface area (Å²) in [6.45, 7) is 5.25. The predicted molar refractivity (Wildman–Crippen MR) is 32.9 cm³/mol. The molecule has 0 bridgehead atoms. The summed E-state index contributed by atoms with van der Waals surface area (Å²) in [7, 11) is 0. The van der Waals surface area contributed by atoms with Crippen LogP contribution in [0.15, 0.2) is 12.7 Å². The highest BCUT2D eigenvalue weighted by Crippen LogP contribution is 1.66. The molecule has 0 amide bonds. The normalized spacial score (nSPS) is 5.43. The number of thiol groups is 1. The maximum atomic E-state index is 8.86. The van der Waals surface area contributed by atoms with Gasteiger partial charge in [-0.1, -0.05) is 18.7 Å². The van der Waals surface area contributed by atoms with Crippen LogP contribution in [0.5, 0.6) is 0 Å². The fraction of sp³-hybridized carbons (Fsp3) is 0.250. The SMILES string of the molecule is C=CC.O=C(O)S. The lowest BCUT2D eigenvalue weighted by molar-refractivity contribution is 0.222. The number of carbonyl (C=O) groups is 1. The summed E-state index contributed by atoms with van der Waals surface area (Å²) in [5.41, 5.74) is 0. The number of rotatable bonds is 0. The summed E-state index contributed by atoms with van der Waals surface area (Å²) >= 11 is 2.88. The van der Waals surface area contributed by atoms with E-state index in [1.807, 2.05) is 6.92 Å². The monoisotopic (exact) mass is 120 g/mol. The lowest BCUT2D eigenvalue weighted by Gasteiger charge is -1.58. The van der Waals surface area contributed by atoms with E-state index in [1.54, 1.807) is 6.08 Å². The molecule has 0 spiro atoms. The van der Waals surface area contributed by atoms with Crippen LogP contribution >= 0.6 is 12.6 Å². The summed E-state index contributed by atoms with van der Waals surface area (Å²) < 4.78 is 0. The number of hydrogen-bond acceptors (Lipinski definition) is 1. The first-order valence-electron chi connectivity index (χ1n) is 1.64. The average molecular weight is 120 g/mol. The maximum absolute atomic E-state index is 8.86. The van der Waals surface area contributed by atoms with Gasteiger partial charge in [0, 0.05) is 0 Å². The minimum atomic E-state index is -1.14. The van der Waals surface area contributed by atoms with E-state index in [-0.39, 0.29) is 0 Å². The first kappa shape index (κ1) is 9.75. The first-order chi connectivity index (χ1) is 3.15. The molecule has 0 unspecified atom stereocenters. The van der Waals surface area contributed by atoms with Crippen molar-refractivity contribution in [2.75, 3.05) is 0 Å². The first-order valence-corrected chi connectivity index (χ1v) is 2.08. The topological polar surface area (TPSA) is 37.3 Å². The van der Waals surface area contributed by atoms with Gasteiger partial charge in [0.25, 0.3) is 0 Å². The Morgan fingerprint density at radius 3 is 2.00 bits per heavy atom. The standard InChI is InChI=1S/C3H6.CH2O2S/c1-3-2;2-1(3)4/h3H,1H2,2H3;4H,(H,2,3). The molecule has 0 aliphatic rings. The van der Waals surface area contributed by atoms with Crippen molar-refractivity contribution in [1.29, 1.82) is 0 Å². The Labute approximate surface area is 48.3 Å². The molecule has 2 nitrogen and oxygen atoms in total. The van der Waals surface area contributed by atoms with Crippen molar-refractivity contribution < 1.29 is 9.90 Å². The molecule has 0 atom stereocenters.